The Kier molecular flexibility index (Phi) is 4.17. The minimum atomic E-state index is 0.0268. The SMILES string of the molecule is [C-]#[N+]c1ccc(C#N)c2c1N(c1c(C)c(C)c(C)c(C)c1C)[C@@H](C)N2C. The summed E-state index contributed by atoms with van der Waals surface area (Å²) in [7, 11) is 2.00. The quantitative estimate of drug-likeness (QED) is 0.633. The van der Waals surface area contributed by atoms with Crippen molar-refractivity contribution in [1.82, 2.24) is 0 Å². The summed E-state index contributed by atoms with van der Waals surface area (Å²) in [6, 6.07) is 5.81. The highest BCUT2D eigenvalue weighted by Crippen LogP contribution is 2.52. The largest absolute Gasteiger partial charge is 0.353 e. The summed E-state index contributed by atoms with van der Waals surface area (Å²) in [5, 5.41) is 9.59. The first-order chi connectivity index (χ1) is 12.3. The number of hydrogen-bond donors (Lipinski definition) is 0. The molecule has 132 valence electrons. The molecule has 0 amide bonds. The predicted molar refractivity (Wildman–Crippen MR) is 108 cm³/mol. The number of anilines is 3. The van der Waals surface area contributed by atoms with Crippen molar-refractivity contribution in [3.8, 4) is 6.07 Å². The van der Waals surface area contributed by atoms with Crippen LogP contribution in [-0.2, 0) is 0 Å². The van der Waals surface area contributed by atoms with Crippen LogP contribution in [0.15, 0.2) is 12.1 Å². The van der Waals surface area contributed by atoms with Gasteiger partial charge in [0.1, 0.15) is 12.2 Å². The first-order valence-electron chi connectivity index (χ1n) is 8.79. The van der Waals surface area contributed by atoms with Crippen LogP contribution in [-0.4, -0.2) is 13.2 Å². The molecule has 0 fully saturated rings. The average molecular weight is 344 g/mol. The molecule has 1 aliphatic heterocycles. The predicted octanol–water partition coefficient (Wildman–Crippen LogP) is 5.59. The third kappa shape index (κ3) is 2.19. The molecule has 0 N–H and O–H groups in total. The number of hydrogen-bond acceptors (Lipinski definition) is 3. The van der Waals surface area contributed by atoms with Crippen LogP contribution in [0.2, 0.25) is 0 Å². The lowest BCUT2D eigenvalue weighted by molar-refractivity contribution is 0.730. The van der Waals surface area contributed by atoms with Crippen molar-refractivity contribution in [2.75, 3.05) is 16.8 Å². The van der Waals surface area contributed by atoms with E-state index >= 15 is 0 Å². The zero-order valence-corrected chi connectivity index (χ0v) is 16.5. The molecule has 0 unspecified atom stereocenters. The van der Waals surface area contributed by atoms with E-state index in [1.165, 1.54) is 27.8 Å². The molecule has 0 aromatic heterocycles. The van der Waals surface area contributed by atoms with Gasteiger partial charge in [-0.15, -0.1) is 0 Å². The highest BCUT2D eigenvalue weighted by molar-refractivity contribution is 5.97. The minimum absolute atomic E-state index is 0.0268. The molecule has 0 saturated heterocycles. The summed E-state index contributed by atoms with van der Waals surface area (Å²) < 4.78 is 0. The van der Waals surface area contributed by atoms with Crippen molar-refractivity contribution >= 4 is 22.7 Å². The molecule has 1 atom stereocenters. The number of fused-ring (bicyclic) bond motifs is 1. The Balaban J connectivity index is 2.43. The van der Waals surface area contributed by atoms with Gasteiger partial charge in [0.25, 0.3) is 0 Å². The summed E-state index contributed by atoms with van der Waals surface area (Å²) in [4.78, 5) is 8.10. The second-order valence-corrected chi connectivity index (χ2v) is 7.14. The zero-order valence-electron chi connectivity index (χ0n) is 16.5. The lowest BCUT2D eigenvalue weighted by atomic mass is 9.92. The Bertz CT molecular complexity index is 976. The van der Waals surface area contributed by atoms with Crippen LogP contribution in [0.4, 0.5) is 22.7 Å². The van der Waals surface area contributed by atoms with Crippen molar-refractivity contribution in [3.05, 3.63) is 56.9 Å². The van der Waals surface area contributed by atoms with Crippen LogP contribution in [0.3, 0.4) is 0 Å². The highest BCUT2D eigenvalue weighted by atomic mass is 15.4. The lowest BCUT2D eigenvalue weighted by Gasteiger charge is -2.33. The Labute approximate surface area is 156 Å². The summed E-state index contributed by atoms with van der Waals surface area (Å²) in [5.74, 6) is 0. The van der Waals surface area contributed by atoms with E-state index in [0.29, 0.717) is 11.3 Å². The van der Waals surface area contributed by atoms with Gasteiger partial charge in [-0.3, -0.25) is 0 Å². The maximum atomic E-state index is 9.59. The van der Waals surface area contributed by atoms with E-state index in [9.17, 15) is 5.26 Å². The molecule has 4 nitrogen and oxygen atoms in total. The zero-order chi connectivity index (χ0) is 19.3. The monoisotopic (exact) mass is 344 g/mol. The molecule has 2 aromatic carbocycles. The van der Waals surface area contributed by atoms with E-state index in [1.54, 1.807) is 12.1 Å². The molecule has 0 radical (unpaired) electrons. The van der Waals surface area contributed by atoms with Gasteiger partial charge < -0.3 is 9.80 Å². The first kappa shape index (κ1) is 17.8. The first-order valence-corrected chi connectivity index (χ1v) is 8.79. The normalized spacial score (nSPS) is 15.7. The third-order valence-electron chi connectivity index (χ3n) is 6.10. The van der Waals surface area contributed by atoms with Crippen LogP contribution >= 0.6 is 0 Å². The van der Waals surface area contributed by atoms with Crippen molar-refractivity contribution in [2.45, 2.75) is 47.7 Å². The fraction of sp³-hybridized carbons (Fsp3) is 0.364. The van der Waals surface area contributed by atoms with Gasteiger partial charge in [-0.1, -0.05) is 12.1 Å². The fourth-order valence-electron chi connectivity index (χ4n) is 4.03. The molecule has 1 heterocycles. The van der Waals surface area contributed by atoms with Gasteiger partial charge in [0.2, 0.25) is 5.69 Å². The van der Waals surface area contributed by atoms with Crippen LogP contribution < -0.4 is 9.80 Å². The molecule has 0 aliphatic carbocycles. The number of nitriles is 1. The van der Waals surface area contributed by atoms with E-state index in [1.807, 2.05) is 7.05 Å². The Morgan fingerprint density at radius 2 is 1.46 bits per heavy atom. The second-order valence-electron chi connectivity index (χ2n) is 7.14. The summed E-state index contributed by atoms with van der Waals surface area (Å²) in [6.45, 7) is 20.6. The van der Waals surface area contributed by atoms with Crippen molar-refractivity contribution in [2.24, 2.45) is 0 Å². The van der Waals surface area contributed by atoms with Crippen molar-refractivity contribution in [3.63, 3.8) is 0 Å². The van der Waals surface area contributed by atoms with Crippen LogP contribution in [0.1, 0.15) is 40.3 Å². The van der Waals surface area contributed by atoms with Gasteiger partial charge in [0, 0.05) is 12.7 Å². The summed E-state index contributed by atoms with van der Waals surface area (Å²) in [5.41, 5.74) is 10.4. The minimum Gasteiger partial charge on any atom is -0.353 e. The Hall–Kier alpha value is -2.98. The maximum absolute atomic E-state index is 9.59. The molecule has 4 heteroatoms. The smallest absolute Gasteiger partial charge is 0.212 e. The number of benzene rings is 2. The second kappa shape index (κ2) is 6.07. The molecule has 3 rings (SSSR count). The standard InChI is InChI=1S/C22H24N4/c1-12-13(2)15(4)20(16(5)14(12)3)26-17(6)25(8)21-18(11-23)9-10-19(24-7)22(21)26/h9-10,17H,1-6,8H3/t17-/m0/s1. The van der Waals surface area contributed by atoms with Crippen molar-refractivity contribution in [1.29, 1.82) is 5.26 Å². The molecule has 1 aliphatic rings. The molecular weight excluding hydrogens is 320 g/mol. The topological polar surface area (TPSA) is 34.6 Å². The molecule has 0 saturated carbocycles. The van der Waals surface area contributed by atoms with E-state index in [-0.39, 0.29) is 6.17 Å². The highest BCUT2D eigenvalue weighted by Gasteiger charge is 2.37. The van der Waals surface area contributed by atoms with E-state index in [2.05, 4.69) is 62.3 Å². The summed E-state index contributed by atoms with van der Waals surface area (Å²) >= 11 is 0. The van der Waals surface area contributed by atoms with Crippen LogP contribution in [0, 0.1) is 52.5 Å². The van der Waals surface area contributed by atoms with Gasteiger partial charge in [0.15, 0.2) is 0 Å². The third-order valence-corrected chi connectivity index (χ3v) is 6.10. The van der Waals surface area contributed by atoms with Gasteiger partial charge >= 0.3 is 0 Å². The van der Waals surface area contributed by atoms with Crippen LogP contribution in [0.25, 0.3) is 4.85 Å². The van der Waals surface area contributed by atoms with Crippen molar-refractivity contribution < 1.29 is 0 Å². The number of rotatable bonds is 1. The van der Waals surface area contributed by atoms with Crippen LogP contribution in [0.5, 0.6) is 0 Å². The molecule has 2 aromatic rings. The number of nitrogens with zero attached hydrogens (tertiary/aromatic N) is 4. The average Bonchev–Trinajstić information content (AvgIpc) is 2.90. The van der Waals surface area contributed by atoms with Gasteiger partial charge in [0.05, 0.1) is 23.5 Å². The maximum Gasteiger partial charge on any atom is 0.212 e. The Morgan fingerprint density at radius 1 is 0.923 bits per heavy atom. The van der Waals surface area contributed by atoms with E-state index in [4.69, 9.17) is 6.57 Å². The van der Waals surface area contributed by atoms with Gasteiger partial charge in [-0.2, -0.15) is 5.26 Å². The van der Waals surface area contributed by atoms with Gasteiger partial charge in [-0.05, 0) is 69.4 Å². The molecular formula is C22H24N4. The van der Waals surface area contributed by atoms with Gasteiger partial charge in [-0.25, -0.2) is 4.85 Å². The Morgan fingerprint density at radius 3 is 1.96 bits per heavy atom. The van der Waals surface area contributed by atoms with E-state index in [0.717, 1.165) is 17.1 Å². The summed E-state index contributed by atoms with van der Waals surface area (Å²) in [6.07, 6.45) is 0.0268. The lowest BCUT2D eigenvalue weighted by Crippen LogP contribution is -2.36. The molecule has 26 heavy (non-hydrogen) atoms. The van der Waals surface area contributed by atoms with E-state index < -0.39 is 0 Å². The molecule has 0 bridgehead atoms. The molecule has 0 spiro atoms. The fourth-order valence-corrected chi connectivity index (χ4v) is 4.03.